The molecule has 1 aromatic rings. The maximum absolute atomic E-state index is 12.8. The number of hydrogen-bond acceptors (Lipinski definition) is 4. The summed E-state index contributed by atoms with van der Waals surface area (Å²) < 4.78 is 33.6. The maximum atomic E-state index is 12.8. The summed E-state index contributed by atoms with van der Waals surface area (Å²) in [5.74, 6) is 1.50. The molecule has 2 rings (SSSR count). The van der Waals surface area contributed by atoms with Crippen LogP contribution >= 0.6 is 0 Å². The molecule has 1 aromatic heterocycles. The second-order valence-corrected chi connectivity index (χ2v) is 8.87. The van der Waals surface area contributed by atoms with Crippen LogP contribution in [-0.4, -0.2) is 56.8 Å². The second-order valence-electron chi connectivity index (χ2n) is 6.96. The summed E-state index contributed by atoms with van der Waals surface area (Å²) in [6.07, 6.45) is 0. The number of carbonyl (C=O) groups is 1. The molecule has 1 amide bonds. The molecule has 0 bridgehead atoms. The van der Waals surface area contributed by atoms with Crippen molar-refractivity contribution in [1.82, 2.24) is 13.9 Å². The van der Waals surface area contributed by atoms with Gasteiger partial charge in [0.1, 0.15) is 11.5 Å². The van der Waals surface area contributed by atoms with E-state index >= 15 is 0 Å². The van der Waals surface area contributed by atoms with Crippen molar-refractivity contribution in [3.05, 3.63) is 23.2 Å². The van der Waals surface area contributed by atoms with Crippen molar-refractivity contribution in [1.29, 1.82) is 0 Å². The highest BCUT2D eigenvalue weighted by Crippen LogP contribution is 2.27. The van der Waals surface area contributed by atoms with E-state index < -0.39 is 10.2 Å². The van der Waals surface area contributed by atoms with Gasteiger partial charge in [-0.1, -0.05) is 13.8 Å². The van der Waals surface area contributed by atoms with Gasteiger partial charge in [-0.15, -0.1) is 0 Å². The van der Waals surface area contributed by atoms with Crippen LogP contribution in [0.5, 0.6) is 0 Å². The summed E-state index contributed by atoms with van der Waals surface area (Å²) in [5, 5.41) is 0. The number of nitrogens with zero attached hydrogens (tertiary/aromatic N) is 2. The molecule has 0 aliphatic carbocycles. The first-order chi connectivity index (χ1) is 11.0. The number of likely N-dealkylation sites (tertiary alicyclic amines) is 1. The van der Waals surface area contributed by atoms with E-state index in [9.17, 15) is 13.2 Å². The molecule has 0 radical (unpaired) electrons. The summed E-state index contributed by atoms with van der Waals surface area (Å²) in [5.41, 5.74) is 0.547. The molecule has 0 unspecified atom stereocenters. The molecule has 1 aliphatic heterocycles. The summed E-state index contributed by atoms with van der Waals surface area (Å²) in [4.78, 5) is 14.5. The minimum atomic E-state index is -3.54. The van der Waals surface area contributed by atoms with Gasteiger partial charge in [-0.25, -0.2) is 0 Å². The van der Waals surface area contributed by atoms with E-state index in [0.717, 1.165) is 4.31 Å². The molecular weight excluding hydrogens is 330 g/mol. The molecule has 0 saturated carbocycles. The van der Waals surface area contributed by atoms with Crippen molar-refractivity contribution >= 4 is 16.1 Å². The second kappa shape index (κ2) is 6.85. The molecule has 0 spiro atoms. The Morgan fingerprint density at radius 2 is 1.96 bits per heavy atom. The number of hydrogen-bond donors (Lipinski definition) is 1. The summed E-state index contributed by atoms with van der Waals surface area (Å²) in [6.45, 7) is 8.55. The summed E-state index contributed by atoms with van der Waals surface area (Å²) in [6, 6.07) is 1.44. The molecule has 2 heterocycles. The molecule has 0 aromatic carbocycles. The van der Waals surface area contributed by atoms with Crippen LogP contribution in [0.15, 0.2) is 10.5 Å². The zero-order chi connectivity index (χ0) is 18.2. The van der Waals surface area contributed by atoms with Crippen molar-refractivity contribution in [2.24, 2.45) is 11.8 Å². The lowest BCUT2D eigenvalue weighted by molar-refractivity contribution is 0.0781. The average Bonchev–Trinajstić information content (AvgIpc) is 3.01. The van der Waals surface area contributed by atoms with E-state index in [1.807, 2.05) is 13.8 Å². The van der Waals surface area contributed by atoms with Crippen LogP contribution in [0.4, 0.5) is 0 Å². The Bertz CT molecular complexity index is 709. The van der Waals surface area contributed by atoms with Gasteiger partial charge in [0, 0.05) is 33.2 Å². The first kappa shape index (κ1) is 19.0. The van der Waals surface area contributed by atoms with Crippen LogP contribution in [-0.2, 0) is 10.2 Å². The zero-order valence-electron chi connectivity index (χ0n) is 15.2. The number of rotatable bonds is 5. The van der Waals surface area contributed by atoms with E-state index in [0.29, 0.717) is 30.2 Å². The van der Waals surface area contributed by atoms with Crippen LogP contribution in [0.2, 0.25) is 0 Å². The average molecular weight is 357 g/mol. The number of carbonyl (C=O) groups excluding carboxylic acids is 1. The van der Waals surface area contributed by atoms with Gasteiger partial charge in [0.25, 0.3) is 16.1 Å². The number of nitrogens with one attached hydrogen (secondary N) is 1. The molecule has 1 fully saturated rings. The largest absolute Gasteiger partial charge is 0.466 e. The van der Waals surface area contributed by atoms with Gasteiger partial charge >= 0.3 is 0 Å². The van der Waals surface area contributed by atoms with Crippen LogP contribution in [0, 0.1) is 25.7 Å². The van der Waals surface area contributed by atoms with Crippen LogP contribution in [0.3, 0.4) is 0 Å². The monoisotopic (exact) mass is 357 g/mol. The smallest absolute Gasteiger partial charge is 0.279 e. The highest BCUT2D eigenvalue weighted by molar-refractivity contribution is 7.87. The van der Waals surface area contributed by atoms with E-state index in [2.05, 4.69) is 4.72 Å². The minimum Gasteiger partial charge on any atom is -0.466 e. The van der Waals surface area contributed by atoms with Crippen molar-refractivity contribution in [2.75, 3.05) is 27.2 Å². The fraction of sp³-hybridized carbons (Fsp3) is 0.688. The Morgan fingerprint density at radius 3 is 2.42 bits per heavy atom. The van der Waals surface area contributed by atoms with Crippen molar-refractivity contribution < 1.29 is 17.6 Å². The SMILES string of the molecule is Cc1cc(C(=O)N2C[C@@H](NS(=O)(=O)N(C)C)[C@H](C(C)C)C2)c(C)o1. The van der Waals surface area contributed by atoms with Gasteiger partial charge in [-0.05, 0) is 31.7 Å². The van der Waals surface area contributed by atoms with Gasteiger partial charge in [-0.3, -0.25) is 4.79 Å². The molecule has 8 heteroatoms. The van der Waals surface area contributed by atoms with Crippen LogP contribution < -0.4 is 4.72 Å². The molecule has 2 atom stereocenters. The van der Waals surface area contributed by atoms with E-state index in [-0.39, 0.29) is 23.8 Å². The molecule has 1 aliphatic rings. The predicted molar refractivity (Wildman–Crippen MR) is 91.9 cm³/mol. The van der Waals surface area contributed by atoms with Crippen LogP contribution in [0.25, 0.3) is 0 Å². The number of aryl methyl sites for hydroxylation is 2. The predicted octanol–water partition coefficient (Wildman–Crippen LogP) is 1.39. The maximum Gasteiger partial charge on any atom is 0.279 e. The minimum absolute atomic E-state index is 0.0666. The van der Waals surface area contributed by atoms with Crippen molar-refractivity contribution in [2.45, 2.75) is 33.7 Å². The summed E-state index contributed by atoms with van der Waals surface area (Å²) in [7, 11) is -0.562. The Hall–Kier alpha value is -1.38. The van der Waals surface area contributed by atoms with Gasteiger partial charge in [0.2, 0.25) is 0 Å². The molecule has 7 nitrogen and oxygen atoms in total. The van der Waals surface area contributed by atoms with Gasteiger partial charge in [-0.2, -0.15) is 17.4 Å². The molecule has 1 N–H and O–H groups in total. The number of furan rings is 1. The first-order valence-electron chi connectivity index (χ1n) is 8.09. The molecular formula is C16H27N3O4S. The highest BCUT2D eigenvalue weighted by atomic mass is 32.2. The number of amides is 1. The topological polar surface area (TPSA) is 82.9 Å². The fourth-order valence-corrected chi connectivity index (χ4v) is 3.95. The fourth-order valence-electron chi connectivity index (χ4n) is 3.11. The van der Waals surface area contributed by atoms with E-state index in [4.69, 9.17) is 4.42 Å². The lowest BCUT2D eigenvalue weighted by Crippen LogP contribution is -2.46. The normalized spacial score (nSPS) is 21.9. The Balaban J connectivity index is 2.20. The van der Waals surface area contributed by atoms with Gasteiger partial charge < -0.3 is 9.32 Å². The van der Waals surface area contributed by atoms with Gasteiger partial charge in [0.15, 0.2) is 0 Å². The highest BCUT2D eigenvalue weighted by Gasteiger charge is 2.40. The third kappa shape index (κ3) is 3.81. The van der Waals surface area contributed by atoms with Crippen molar-refractivity contribution in [3.8, 4) is 0 Å². The Labute approximate surface area is 144 Å². The van der Waals surface area contributed by atoms with E-state index in [1.54, 1.807) is 24.8 Å². The lowest BCUT2D eigenvalue weighted by Gasteiger charge is -2.24. The Morgan fingerprint density at radius 1 is 1.33 bits per heavy atom. The third-order valence-corrected chi connectivity index (χ3v) is 6.12. The molecule has 136 valence electrons. The van der Waals surface area contributed by atoms with Crippen LogP contribution in [0.1, 0.15) is 35.7 Å². The summed E-state index contributed by atoms with van der Waals surface area (Å²) >= 11 is 0. The Kier molecular flexibility index (Phi) is 5.41. The first-order valence-corrected chi connectivity index (χ1v) is 9.53. The molecule has 24 heavy (non-hydrogen) atoms. The van der Waals surface area contributed by atoms with E-state index in [1.165, 1.54) is 14.1 Å². The quantitative estimate of drug-likeness (QED) is 0.863. The molecule has 1 saturated heterocycles. The zero-order valence-corrected chi connectivity index (χ0v) is 16.0. The third-order valence-electron chi connectivity index (χ3n) is 4.56. The standard InChI is InChI=1S/C16H27N3O4S/c1-10(2)14-8-19(9-15(14)17-24(21,22)18(5)6)16(20)13-7-11(3)23-12(13)4/h7,10,14-15,17H,8-9H2,1-6H3/t14-,15+/m0/s1. The lowest BCUT2D eigenvalue weighted by atomic mass is 9.92. The van der Waals surface area contributed by atoms with Crippen molar-refractivity contribution in [3.63, 3.8) is 0 Å². The van der Waals surface area contributed by atoms with Gasteiger partial charge in [0.05, 0.1) is 5.56 Å².